The van der Waals surface area contributed by atoms with Crippen LogP contribution in [0, 0.1) is 0 Å². The molecule has 0 saturated carbocycles. The summed E-state index contributed by atoms with van der Waals surface area (Å²) in [5.74, 6) is -0.132. The molecule has 1 saturated heterocycles. The molecular formula is C17H20ClN3O3. The van der Waals surface area contributed by atoms with Crippen LogP contribution in [0.25, 0.3) is 11.3 Å². The number of amides is 1. The number of hydrogen-bond acceptors (Lipinski definition) is 4. The van der Waals surface area contributed by atoms with E-state index in [0.29, 0.717) is 29.4 Å². The van der Waals surface area contributed by atoms with Gasteiger partial charge >= 0.3 is 0 Å². The number of morpholine rings is 1. The number of aliphatic hydroxyl groups excluding tert-OH is 1. The number of aromatic nitrogens is 2. The molecule has 2 heterocycles. The highest BCUT2D eigenvalue weighted by atomic mass is 35.5. The van der Waals surface area contributed by atoms with E-state index in [1.165, 1.54) is 0 Å². The summed E-state index contributed by atoms with van der Waals surface area (Å²) in [5.41, 5.74) is 1.78. The molecule has 1 N–H and O–H groups in total. The van der Waals surface area contributed by atoms with Crippen LogP contribution in [0.4, 0.5) is 0 Å². The van der Waals surface area contributed by atoms with Crippen LogP contribution in [0.3, 0.4) is 0 Å². The molecule has 128 valence electrons. The standard InChI is InChI=1S/C17H20ClN3O3/c1-11-10-24-12(9-22)7-21(11)17(23)14-8-20(2)19-16(14)13-5-3-4-6-15(13)18/h3-6,8,11-12,22H,7,9-10H2,1-2H3. The summed E-state index contributed by atoms with van der Waals surface area (Å²) in [6, 6.07) is 7.26. The molecule has 1 aliphatic rings. The normalized spacial score (nSPS) is 21.1. The average Bonchev–Trinajstić information content (AvgIpc) is 2.97. The van der Waals surface area contributed by atoms with Crippen molar-refractivity contribution in [1.29, 1.82) is 0 Å². The summed E-state index contributed by atoms with van der Waals surface area (Å²) in [4.78, 5) is 14.8. The van der Waals surface area contributed by atoms with Crippen LogP contribution < -0.4 is 0 Å². The number of rotatable bonds is 3. The monoisotopic (exact) mass is 349 g/mol. The SMILES string of the molecule is CC1COC(CO)CN1C(=O)c1cn(C)nc1-c1ccccc1Cl. The molecule has 2 atom stereocenters. The number of halogens is 1. The molecule has 0 spiro atoms. The van der Waals surface area contributed by atoms with Crippen molar-refractivity contribution in [3.05, 3.63) is 41.0 Å². The van der Waals surface area contributed by atoms with Crippen molar-refractivity contribution < 1.29 is 14.6 Å². The third-order valence-electron chi connectivity index (χ3n) is 4.16. The lowest BCUT2D eigenvalue weighted by molar-refractivity contribution is -0.0667. The molecule has 1 amide bonds. The topological polar surface area (TPSA) is 67.6 Å². The third kappa shape index (κ3) is 3.17. The Morgan fingerprint density at radius 2 is 2.21 bits per heavy atom. The van der Waals surface area contributed by atoms with Gasteiger partial charge in [0.1, 0.15) is 5.69 Å². The maximum atomic E-state index is 13.1. The van der Waals surface area contributed by atoms with Gasteiger partial charge in [0.05, 0.1) is 35.9 Å². The predicted octanol–water partition coefficient (Wildman–Crippen LogP) is 1.96. The van der Waals surface area contributed by atoms with Gasteiger partial charge in [-0.1, -0.05) is 29.8 Å². The van der Waals surface area contributed by atoms with Crippen LogP contribution in [0.5, 0.6) is 0 Å². The van der Waals surface area contributed by atoms with Crippen LogP contribution in [-0.2, 0) is 11.8 Å². The molecular weight excluding hydrogens is 330 g/mol. The fraction of sp³-hybridized carbons (Fsp3) is 0.412. The minimum absolute atomic E-state index is 0.0698. The summed E-state index contributed by atoms with van der Waals surface area (Å²) < 4.78 is 7.12. The van der Waals surface area contributed by atoms with E-state index in [9.17, 15) is 9.90 Å². The van der Waals surface area contributed by atoms with Gasteiger partial charge in [-0.2, -0.15) is 5.10 Å². The van der Waals surface area contributed by atoms with E-state index in [0.717, 1.165) is 5.56 Å². The van der Waals surface area contributed by atoms with E-state index < -0.39 is 0 Å². The first-order chi connectivity index (χ1) is 11.5. The van der Waals surface area contributed by atoms with Crippen molar-refractivity contribution in [2.24, 2.45) is 7.05 Å². The highest BCUT2D eigenvalue weighted by molar-refractivity contribution is 6.33. The Morgan fingerprint density at radius 3 is 2.92 bits per heavy atom. The number of hydrogen-bond donors (Lipinski definition) is 1. The summed E-state index contributed by atoms with van der Waals surface area (Å²) in [7, 11) is 1.77. The Labute approximate surface area is 145 Å². The van der Waals surface area contributed by atoms with E-state index in [4.69, 9.17) is 16.3 Å². The first kappa shape index (κ1) is 17.0. The molecule has 1 aromatic carbocycles. The maximum Gasteiger partial charge on any atom is 0.258 e. The Bertz CT molecular complexity index is 746. The van der Waals surface area contributed by atoms with E-state index in [1.54, 1.807) is 28.9 Å². The molecule has 6 nitrogen and oxygen atoms in total. The van der Waals surface area contributed by atoms with Crippen LogP contribution in [0.15, 0.2) is 30.5 Å². The van der Waals surface area contributed by atoms with Gasteiger partial charge in [-0.05, 0) is 13.0 Å². The second-order valence-electron chi connectivity index (χ2n) is 5.99. The maximum absolute atomic E-state index is 13.1. The number of ether oxygens (including phenoxy) is 1. The molecule has 2 unspecified atom stereocenters. The first-order valence-electron chi connectivity index (χ1n) is 7.83. The van der Waals surface area contributed by atoms with Crippen molar-refractivity contribution in [3.8, 4) is 11.3 Å². The quantitative estimate of drug-likeness (QED) is 0.919. The highest BCUT2D eigenvalue weighted by Gasteiger charge is 2.32. The summed E-state index contributed by atoms with van der Waals surface area (Å²) in [6.45, 7) is 2.57. The number of carbonyl (C=O) groups is 1. The third-order valence-corrected chi connectivity index (χ3v) is 4.49. The van der Waals surface area contributed by atoms with Crippen molar-refractivity contribution in [3.63, 3.8) is 0 Å². The summed E-state index contributed by atoms with van der Waals surface area (Å²) in [6.07, 6.45) is 1.35. The molecule has 24 heavy (non-hydrogen) atoms. The first-order valence-corrected chi connectivity index (χ1v) is 8.21. The zero-order chi connectivity index (χ0) is 17.3. The van der Waals surface area contributed by atoms with E-state index in [1.807, 2.05) is 25.1 Å². The second kappa shape index (κ2) is 6.93. The van der Waals surface area contributed by atoms with Gasteiger partial charge in [0.2, 0.25) is 0 Å². The van der Waals surface area contributed by atoms with E-state index >= 15 is 0 Å². The molecule has 2 aromatic rings. The molecule has 3 rings (SSSR count). The lowest BCUT2D eigenvalue weighted by Gasteiger charge is -2.37. The fourth-order valence-electron chi connectivity index (χ4n) is 2.86. The van der Waals surface area contributed by atoms with Gasteiger partial charge in [0, 0.05) is 25.4 Å². The molecule has 0 aliphatic carbocycles. The van der Waals surface area contributed by atoms with Gasteiger partial charge in [-0.3, -0.25) is 9.48 Å². The number of carbonyl (C=O) groups excluding carboxylic acids is 1. The Kier molecular flexibility index (Phi) is 4.89. The zero-order valence-corrected chi connectivity index (χ0v) is 14.4. The Balaban J connectivity index is 1.97. The van der Waals surface area contributed by atoms with Gasteiger partial charge in [0.15, 0.2) is 0 Å². The van der Waals surface area contributed by atoms with Crippen molar-refractivity contribution in [2.45, 2.75) is 19.1 Å². The van der Waals surface area contributed by atoms with Crippen LogP contribution >= 0.6 is 11.6 Å². The number of benzene rings is 1. The van der Waals surface area contributed by atoms with Crippen molar-refractivity contribution >= 4 is 17.5 Å². The Morgan fingerprint density at radius 1 is 1.46 bits per heavy atom. The highest BCUT2D eigenvalue weighted by Crippen LogP contribution is 2.30. The van der Waals surface area contributed by atoms with Crippen molar-refractivity contribution in [1.82, 2.24) is 14.7 Å². The smallest absolute Gasteiger partial charge is 0.258 e. The molecule has 1 fully saturated rings. The number of nitrogens with zero attached hydrogens (tertiary/aromatic N) is 3. The minimum atomic E-state index is -0.356. The predicted molar refractivity (Wildman–Crippen MR) is 91.0 cm³/mol. The number of aliphatic hydroxyl groups is 1. The second-order valence-corrected chi connectivity index (χ2v) is 6.40. The zero-order valence-electron chi connectivity index (χ0n) is 13.6. The van der Waals surface area contributed by atoms with Crippen molar-refractivity contribution in [2.75, 3.05) is 19.8 Å². The summed E-state index contributed by atoms with van der Waals surface area (Å²) >= 11 is 6.28. The van der Waals surface area contributed by atoms with E-state index in [-0.39, 0.29) is 24.7 Å². The largest absolute Gasteiger partial charge is 0.394 e. The molecule has 0 radical (unpaired) electrons. The van der Waals surface area contributed by atoms with Gasteiger partial charge in [-0.15, -0.1) is 0 Å². The van der Waals surface area contributed by atoms with Gasteiger partial charge in [0.25, 0.3) is 5.91 Å². The average molecular weight is 350 g/mol. The van der Waals surface area contributed by atoms with Gasteiger partial charge < -0.3 is 14.7 Å². The fourth-order valence-corrected chi connectivity index (χ4v) is 3.09. The lowest BCUT2D eigenvalue weighted by atomic mass is 10.1. The minimum Gasteiger partial charge on any atom is -0.394 e. The van der Waals surface area contributed by atoms with Crippen LogP contribution in [-0.4, -0.2) is 57.6 Å². The summed E-state index contributed by atoms with van der Waals surface area (Å²) in [5, 5.41) is 14.3. The Hall–Kier alpha value is -1.89. The lowest BCUT2D eigenvalue weighted by Crippen LogP contribution is -2.52. The van der Waals surface area contributed by atoms with Crippen LogP contribution in [0.1, 0.15) is 17.3 Å². The molecule has 1 aromatic heterocycles. The molecule has 7 heteroatoms. The van der Waals surface area contributed by atoms with Gasteiger partial charge in [-0.25, -0.2) is 0 Å². The number of aryl methyl sites for hydroxylation is 1. The molecule has 1 aliphatic heterocycles. The van der Waals surface area contributed by atoms with Crippen LogP contribution in [0.2, 0.25) is 5.02 Å². The van der Waals surface area contributed by atoms with E-state index in [2.05, 4.69) is 5.10 Å². The molecule has 0 bridgehead atoms.